The van der Waals surface area contributed by atoms with Crippen molar-refractivity contribution in [3.8, 4) is 0 Å². The highest BCUT2D eigenvalue weighted by atomic mass is 32.1. The highest BCUT2D eigenvalue weighted by molar-refractivity contribution is 7.80. The SMILES string of the molecule is CC(O)[C@H](NC(=O)[C@H](CCCCN)NC(=O)[C@@H](Cc1c[nH]c2ccccc12)NC(=O)[C@H](Cc1ccccc1)NC(=O)[C@H](Cc1ccccc1)NC(=O)[C@@H](N)CS)C(=O)N[C@@H](Cc1ccccc1)C(=O)N[C@@H](CS)C(=O)O. The molecule has 0 aliphatic heterocycles. The minimum atomic E-state index is -1.69. The van der Waals surface area contributed by atoms with Gasteiger partial charge in [-0.15, -0.1) is 0 Å². The number of nitrogens with one attached hydrogen (secondary N) is 8. The predicted molar refractivity (Wildman–Crippen MR) is 294 cm³/mol. The Hall–Kier alpha value is -7.24. The molecule has 0 aliphatic rings. The van der Waals surface area contributed by atoms with Crippen LogP contribution in [0.15, 0.2) is 121 Å². The summed E-state index contributed by atoms with van der Waals surface area (Å²) in [6.07, 6.45) is 0.676. The molecule has 0 spiro atoms. The van der Waals surface area contributed by atoms with Crippen molar-refractivity contribution < 1.29 is 48.6 Å². The summed E-state index contributed by atoms with van der Waals surface area (Å²) >= 11 is 8.16. The number of hydrogen-bond donors (Lipinski definition) is 14. The lowest BCUT2D eigenvalue weighted by Crippen LogP contribution is -2.62. The topological polar surface area (TPSA) is 329 Å². The molecule has 5 rings (SSSR count). The molecule has 9 atom stereocenters. The van der Waals surface area contributed by atoms with Crippen molar-refractivity contribution in [1.82, 2.24) is 42.2 Å². The maximum Gasteiger partial charge on any atom is 0.327 e. The molecule has 0 radical (unpaired) electrons. The number of benzene rings is 4. The number of para-hydroxylation sites is 1. The van der Waals surface area contributed by atoms with E-state index in [1.165, 1.54) is 6.92 Å². The molecule has 22 heteroatoms. The van der Waals surface area contributed by atoms with E-state index in [4.69, 9.17) is 11.5 Å². The van der Waals surface area contributed by atoms with Crippen molar-refractivity contribution in [2.45, 2.75) is 106 Å². The normalized spacial score (nSPS) is 14.7. The molecule has 14 N–H and O–H groups in total. The molecule has 5 aromatic rings. The van der Waals surface area contributed by atoms with Gasteiger partial charge in [-0.25, -0.2) is 4.79 Å². The third-order valence-electron chi connectivity index (χ3n) is 12.5. The molecule has 0 saturated heterocycles. The molecule has 1 unspecified atom stereocenters. The highest BCUT2D eigenvalue weighted by Crippen LogP contribution is 2.20. The zero-order valence-corrected chi connectivity index (χ0v) is 43.8. The number of H-pyrrole nitrogens is 1. The lowest BCUT2D eigenvalue weighted by molar-refractivity contribution is -0.141. The Morgan fingerprint density at radius 3 is 1.37 bits per heavy atom. The van der Waals surface area contributed by atoms with Crippen LogP contribution < -0.4 is 48.7 Å². The van der Waals surface area contributed by atoms with E-state index in [1.54, 1.807) is 97.2 Å². The van der Waals surface area contributed by atoms with Crippen LogP contribution in [0.25, 0.3) is 10.9 Å². The molecule has 4 aromatic carbocycles. The third-order valence-corrected chi connectivity index (χ3v) is 13.2. The van der Waals surface area contributed by atoms with Crippen molar-refractivity contribution in [2.24, 2.45) is 11.5 Å². The first kappa shape index (κ1) is 59.6. The van der Waals surface area contributed by atoms with Crippen LogP contribution in [0.3, 0.4) is 0 Å². The average Bonchev–Trinajstić information content (AvgIpc) is 3.83. The zero-order valence-electron chi connectivity index (χ0n) is 42.0. The van der Waals surface area contributed by atoms with Gasteiger partial charge in [0.1, 0.15) is 42.3 Å². The van der Waals surface area contributed by atoms with Crippen LogP contribution in [0.4, 0.5) is 0 Å². The van der Waals surface area contributed by atoms with Gasteiger partial charge in [0.15, 0.2) is 0 Å². The maximum atomic E-state index is 14.8. The first-order valence-electron chi connectivity index (χ1n) is 24.9. The summed E-state index contributed by atoms with van der Waals surface area (Å²) < 4.78 is 0. The molecule has 0 aliphatic carbocycles. The summed E-state index contributed by atoms with van der Waals surface area (Å²) in [4.78, 5) is 114. The van der Waals surface area contributed by atoms with Gasteiger partial charge in [-0.3, -0.25) is 33.6 Å². The molecule has 406 valence electrons. The summed E-state index contributed by atoms with van der Waals surface area (Å²) in [5.74, 6) is -7.29. The average molecular weight is 1080 g/mol. The van der Waals surface area contributed by atoms with Crippen LogP contribution in [0.2, 0.25) is 0 Å². The number of thiol groups is 2. The van der Waals surface area contributed by atoms with E-state index in [2.05, 4.69) is 67.5 Å². The minimum Gasteiger partial charge on any atom is -0.480 e. The lowest BCUT2D eigenvalue weighted by Gasteiger charge is -2.29. The van der Waals surface area contributed by atoms with Gasteiger partial charge in [0, 0.05) is 54.3 Å². The van der Waals surface area contributed by atoms with E-state index < -0.39 is 102 Å². The number of carboxylic acid groups (broad SMARTS) is 1. The summed E-state index contributed by atoms with van der Waals surface area (Å²) in [5, 5.41) is 39.8. The fraction of sp³-hybridized carbons (Fsp3) is 0.370. The van der Waals surface area contributed by atoms with Crippen LogP contribution >= 0.6 is 25.3 Å². The number of unbranched alkanes of at least 4 members (excludes halogenated alkanes) is 1. The number of aromatic amines is 1. The number of carbonyl (C=O) groups excluding carboxylic acids is 7. The Kier molecular flexibility index (Phi) is 23.8. The monoisotopic (exact) mass is 1080 g/mol. The predicted octanol–water partition coefficient (Wildman–Crippen LogP) is 0.613. The minimum absolute atomic E-state index is 0.00124. The van der Waals surface area contributed by atoms with Crippen LogP contribution in [0, 0.1) is 0 Å². The van der Waals surface area contributed by atoms with Crippen molar-refractivity contribution in [1.29, 1.82) is 0 Å². The summed E-state index contributed by atoms with van der Waals surface area (Å²) in [7, 11) is 0. The quantitative estimate of drug-likeness (QED) is 0.0222. The molecule has 7 amide bonds. The van der Waals surface area contributed by atoms with Gasteiger partial charge in [-0.1, -0.05) is 109 Å². The molecular formula is C54H68N10O10S2. The Morgan fingerprint density at radius 2 is 0.921 bits per heavy atom. The Morgan fingerprint density at radius 1 is 0.513 bits per heavy atom. The van der Waals surface area contributed by atoms with E-state index in [0.717, 1.165) is 10.9 Å². The van der Waals surface area contributed by atoms with Crippen molar-refractivity contribution in [3.63, 3.8) is 0 Å². The first-order chi connectivity index (χ1) is 36.5. The van der Waals surface area contributed by atoms with Crippen LogP contribution in [0.5, 0.6) is 0 Å². The number of aliphatic carboxylic acids is 1. The van der Waals surface area contributed by atoms with Crippen molar-refractivity contribution in [3.05, 3.63) is 144 Å². The van der Waals surface area contributed by atoms with E-state index in [9.17, 15) is 48.6 Å². The number of fused-ring (bicyclic) bond motifs is 1. The van der Waals surface area contributed by atoms with Crippen molar-refractivity contribution in [2.75, 3.05) is 18.1 Å². The van der Waals surface area contributed by atoms with Gasteiger partial charge in [0.25, 0.3) is 0 Å². The maximum absolute atomic E-state index is 14.8. The van der Waals surface area contributed by atoms with E-state index in [1.807, 2.05) is 24.3 Å². The Balaban J connectivity index is 1.44. The van der Waals surface area contributed by atoms with Gasteiger partial charge in [0.05, 0.1) is 12.1 Å². The molecule has 0 saturated carbocycles. The molecule has 0 bridgehead atoms. The number of aliphatic hydroxyl groups excluding tert-OH is 1. The van der Waals surface area contributed by atoms with E-state index in [0.29, 0.717) is 35.1 Å². The smallest absolute Gasteiger partial charge is 0.327 e. The van der Waals surface area contributed by atoms with Crippen molar-refractivity contribution >= 4 is 83.5 Å². The van der Waals surface area contributed by atoms with Gasteiger partial charge in [-0.2, -0.15) is 25.3 Å². The van der Waals surface area contributed by atoms with Crippen LogP contribution in [-0.2, 0) is 64.0 Å². The summed E-state index contributed by atoms with van der Waals surface area (Å²) in [6.45, 7) is 1.49. The van der Waals surface area contributed by atoms with Gasteiger partial charge in [0.2, 0.25) is 41.4 Å². The second-order valence-electron chi connectivity index (χ2n) is 18.3. The Labute approximate surface area is 451 Å². The molecule has 1 heterocycles. The number of nitrogens with two attached hydrogens (primary N) is 2. The molecule has 20 nitrogen and oxygen atoms in total. The Bertz CT molecular complexity index is 2720. The van der Waals surface area contributed by atoms with Gasteiger partial charge < -0.3 is 63.9 Å². The number of carboxylic acids is 1. The van der Waals surface area contributed by atoms with E-state index in [-0.39, 0.29) is 50.2 Å². The second kappa shape index (κ2) is 30.3. The van der Waals surface area contributed by atoms with Gasteiger partial charge in [-0.05, 0) is 61.1 Å². The zero-order chi connectivity index (χ0) is 55.1. The molecular weight excluding hydrogens is 1010 g/mol. The second-order valence-corrected chi connectivity index (χ2v) is 19.1. The highest BCUT2D eigenvalue weighted by Gasteiger charge is 2.36. The number of aliphatic hydroxyl groups is 1. The number of amides is 7. The standard InChI is InChI=1S/C54H68N10O10S2/c1-32(65)46(53(72)62-43(27-35-19-9-4-10-20-35)51(70)63-45(31-76)54(73)74)64-48(67)40(23-13-14-24-55)58-52(71)44(28-36-29-57-39-22-12-11-21-37(36)39)61-50(69)42(26-34-17-7-3-8-18-34)60-49(68)41(59-47(66)38(56)30-75)25-33-15-5-2-6-16-33/h2-12,15-22,29,32,38,40-46,57,65,75-76H,13-14,23-28,30-31,55-56H2,1H3,(H,58,71)(H,59,66)(H,60,68)(H,61,69)(H,62,72)(H,63,70)(H,64,67)(H,73,74)/t32?,38-,40-,41-,42-,43-,44+,45-,46-/m0/s1. The fourth-order valence-electron chi connectivity index (χ4n) is 8.23. The largest absolute Gasteiger partial charge is 0.480 e. The van der Waals surface area contributed by atoms with E-state index >= 15 is 0 Å². The lowest BCUT2D eigenvalue weighted by atomic mass is 10.00. The molecule has 76 heavy (non-hydrogen) atoms. The first-order valence-corrected chi connectivity index (χ1v) is 26.2. The summed E-state index contributed by atoms with van der Waals surface area (Å²) in [6, 6.07) is 22.9. The number of aromatic nitrogens is 1. The summed E-state index contributed by atoms with van der Waals surface area (Å²) in [5.41, 5.74) is 15.1. The fourth-order valence-corrected chi connectivity index (χ4v) is 8.64. The van der Waals surface area contributed by atoms with Crippen LogP contribution in [0.1, 0.15) is 48.4 Å². The number of rotatable bonds is 30. The number of carbonyl (C=O) groups is 8. The van der Waals surface area contributed by atoms with Gasteiger partial charge >= 0.3 is 5.97 Å². The molecule has 0 fully saturated rings. The number of hydrogen-bond acceptors (Lipinski definition) is 13. The molecule has 1 aromatic heterocycles. The van der Waals surface area contributed by atoms with Crippen LogP contribution in [-0.4, -0.2) is 135 Å². The third kappa shape index (κ3) is 18.3.